The Bertz CT molecular complexity index is 511. The van der Waals surface area contributed by atoms with E-state index in [9.17, 15) is 9.59 Å². The second-order valence-electron chi connectivity index (χ2n) is 5.69. The number of hydrogen-bond acceptors (Lipinski definition) is 4. The molecule has 0 spiro atoms. The SMILES string of the molecule is CN(C)CCOc1ccc(CC2CC(=O)N(C)C2=O)cc1. The Hall–Kier alpha value is -1.88. The van der Waals surface area contributed by atoms with Gasteiger partial charge in [-0.3, -0.25) is 14.5 Å². The quantitative estimate of drug-likeness (QED) is 0.738. The Morgan fingerprint density at radius 2 is 1.90 bits per heavy atom. The Kier molecular flexibility index (Phi) is 4.96. The molecule has 1 fully saturated rings. The first-order valence-corrected chi connectivity index (χ1v) is 7.14. The van der Waals surface area contributed by atoms with Crippen LogP contribution in [0.1, 0.15) is 12.0 Å². The highest BCUT2D eigenvalue weighted by molar-refractivity contribution is 6.03. The molecule has 21 heavy (non-hydrogen) atoms. The summed E-state index contributed by atoms with van der Waals surface area (Å²) in [5.41, 5.74) is 1.05. The van der Waals surface area contributed by atoms with E-state index in [1.807, 2.05) is 38.4 Å². The van der Waals surface area contributed by atoms with Gasteiger partial charge in [0.15, 0.2) is 0 Å². The van der Waals surface area contributed by atoms with E-state index >= 15 is 0 Å². The summed E-state index contributed by atoms with van der Waals surface area (Å²) < 4.78 is 5.63. The number of imide groups is 1. The van der Waals surface area contributed by atoms with E-state index < -0.39 is 0 Å². The zero-order valence-electron chi connectivity index (χ0n) is 12.8. The molecule has 1 atom stereocenters. The second-order valence-corrected chi connectivity index (χ2v) is 5.69. The maximum absolute atomic E-state index is 11.9. The number of hydrogen-bond donors (Lipinski definition) is 0. The highest BCUT2D eigenvalue weighted by atomic mass is 16.5. The highest BCUT2D eigenvalue weighted by Crippen LogP contribution is 2.23. The Morgan fingerprint density at radius 1 is 1.24 bits per heavy atom. The topological polar surface area (TPSA) is 49.9 Å². The molecule has 5 nitrogen and oxygen atoms in total. The lowest BCUT2D eigenvalue weighted by Gasteiger charge is -2.12. The molecule has 1 unspecified atom stereocenters. The van der Waals surface area contributed by atoms with Crippen LogP contribution in [0.3, 0.4) is 0 Å². The molecule has 114 valence electrons. The van der Waals surface area contributed by atoms with E-state index in [4.69, 9.17) is 4.74 Å². The summed E-state index contributed by atoms with van der Waals surface area (Å²) in [5, 5.41) is 0. The van der Waals surface area contributed by atoms with Crippen LogP contribution in [-0.2, 0) is 16.0 Å². The van der Waals surface area contributed by atoms with Crippen molar-refractivity contribution in [3.05, 3.63) is 29.8 Å². The highest BCUT2D eigenvalue weighted by Gasteiger charge is 2.35. The first kappa shape index (κ1) is 15.5. The Morgan fingerprint density at radius 3 is 2.43 bits per heavy atom. The Labute approximate surface area is 125 Å². The molecule has 1 heterocycles. The molecule has 0 aliphatic carbocycles. The van der Waals surface area contributed by atoms with Crippen molar-refractivity contribution >= 4 is 11.8 Å². The van der Waals surface area contributed by atoms with E-state index in [-0.39, 0.29) is 17.7 Å². The molecule has 0 N–H and O–H groups in total. The van der Waals surface area contributed by atoms with Crippen LogP contribution in [0.5, 0.6) is 5.75 Å². The molecule has 0 saturated carbocycles. The molecule has 0 aromatic heterocycles. The fourth-order valence-electron chi connectivity index (χ4n) is 2.34. The average Bonchev–Trinajstić information content (AvgIpc) is 2.68. The third-order valence-corrected chi connectivity index (χ3v) is 3.69. The van der Waals surface area contributed by atoms with Gasteiger partial charge in [0, 0.05) is 20.0 Å². The van der Waals surface area contributed by atoms with Crippen molar-refractivity contribution in [3.63, 3.8) is 0 Å². The lowest BCUT2D eigenvalue weighted by atomic mass is 9.98. The molecule has 5 heteroatoms. The Balaban J connectivity index is 1.88. The van der Waals surface area contributed by atoms with Gasteiger partial charge in [-0.15, -0.1) is 0 Å². The largest absolute Gasteiger partial charge is 0.492 e. The van der Waals surface area contributed by atoms with Crippen LogP contribution in [0.2, 0.25) is 0 Å². The van der Waals surface area contributed by atoms with Gasteiger partial charge in [-0.2, -0.15) is 0 Å². The summed E-state index contributed by atoms with van der Waals surface area (Å²) in [4.78, 5) is 26.7. The summed E-state index contributed by atoms with van der Waals surface area (Å²) in [6.07, 6.45) is 0.920. The number of nitrogens with zero attached hydrogens (tertiary/aromatic N) is 2. The van der Waals surface area contributed by atoms with Gasteiger partial charge in [0.1, 0.15) is 12.4 Å². The minimum absolute atomic E-state index is 0.0775. The van der Waals surface area contributed by atoms with E-state index in [1.165, 1.54) is 4.90 Å². The van der Waals surface area contributed by atoms with Crippen LogP contribution >= 0.6 is 0 Å². The van der Waals surface area contributed by atoms with Crippen molar-refractivity contribution in [3.8, 4) is 5.75 Å². The van der Waals surface area contributed by atoms with Crippen LogP contribution in [0, 0.1) is 5.92 Å². The fraction of sp³-hybridized carbons (Fsp3) is 0.500. The number of rotatable bonds is 6. The van der Waals surface area contributed by atoms with Gasteiger partial charge in [0.05, 0.1) is 5.92 Å². The molecule has 2 amide bonds. The minimum atomic E-state index is -0.219. The molecule has 0 radical (unpaired) electrons. The molecule has 1 aromatic carbocycles. The molecule has 1 aliphatic rings. The molecular formula is C16H22N2O3. The van der Waals surface area contributed by atoms with E-state index in [2.05, 4.69) is 4.90 Å². The smallest absolute Gasteiger partial charge is 0.232 e. The van der Waals surface area contributed by atoms with Crippen LogP contribution in [0.15, 0.2) is 24.3 Å². The maximum Gasteiger partial charge on any atom is 0.232 e. The number of ether oxygens (including phenoxy) is 1. The maximum atomic E-state index is 11.9. The van der Waals surface area contributed by atoms with Gasteiger partial charge in [-0.1, -0.05) is 12.1 Å². The summed E-state index contributed by atoms with van der Waals surface area (Å²) in [6, 6.07) is 7.74. The molecular weight excluding hydrogens is 268 g/mol. The van der Waals surface area contributed by atoms with Gasteiger partial charge in [-0.25, -0.2) is 0 Å². The van der Waals surface area contributed by atoms with E-state index in [0.29, 0.717) is 19.4 Å². The normalized spacial score (nSPS) is 18.7. The van der Waals surface area contributed by atoms with Gasteiger partial charge < -0.3 is 9.64 Å². The third-order valence-electron chi connectivity index (χ3n) is 3.69. The fourth-order valence-corrected chi connectivity index (χ4v) is 2.34. The van der Waals surface area contributed by atoms with Crippen molar-refractivity contribution in [1.29, 1.82) is 0 Å². The van der Waals surface area contributed by atoms with Gasteiger partial charge in [0.25, 0.3) is 0 Å². The zero-order chi connectivity index (χ0) is 15.4. The lowest BCUT2D eigenvalue weighted by molar-refractivity contribution is -0.137. The van der Waals surface area contributed by atoms with Gasteiger partial charge in [0.2, 0.25) is 11.8 Å². The zero-order valence-corrected chi connectivity index (χ0v) is 12.8. The molecule has 1 saturated heterocycles. The number of amides is 2. The van der Waals surface area contributed by atoms with Crippen LogP contribution in [-0.4, -0.2) is 55.9 Å². The first-order valence-electron chi connectivity index (χ1n) is 7.14. The minimum Gasteiger partial charge on any atom is -0.492 e. The predicted molar refractivity (Wildman–Crippen MR) is 80.1 cm³/mol. The van der Waals surface area contributed by atoms with E-state index in [1.54, 1.807) is 7.05 Å². The van der Waals surface area contributed by atoms with Crippen LogP contribution < -0.4 is 4.74 Å². The standard InChI is InChI=1S/C16H22N2O3/c1-17(2)8-9-21-14-6-4-12(5-7-14)10-13-11-15(19)18(3)16(13)20/h4-7,13H,8-11H2,1-3H3. The van der Waals surface area contributed by atoms with Crippen molar-refractivity contribution < 1.29 is 14.3 Å². The number of carbonyl (C=O) groups is 2. The summed E-state index contributed by atoms with van der Waals surface area (Å²) >= 11 is 0. The average molecular weight is 290 g/mol. The number of benzene rings is 1. The summed E-state index contributed by atoms with van der Waals surface area (Å²) in [6.45, 7) is 1.51. The predicted octanol–water partition coefficient (Wildman–Crippen LogP) is 1.17. The van der Waals surface area contributed by atoms with Crippen LogP contribution in [0.25, 0.3) is 0 Å². The monoisotopic (exact) mass is 290 g/mol. The van der Waals surface area contributed by atoms with Crippen molar-refractivity contribution in [2.24, 2.45) is 5.92 Å². The summed E-state index contributed by atoms with van der Waals surface area (Å²) in [5.74, 6) is 0.439. The lowest BCUT2D eigenvalue weighted by Crippen LogP contribution is -2.26. The molecule has 2 rings (SSSR count). The van der Waals surface area contributed by atoms with Crippen molar-refractivity contribution in [2.45, 2.75) is 12.8 Å². The van der Waals surface area contributed by atoms with Crippen LogP contribution in [0.4, 0.5) is 0 Å². The van der Waals surface area contributed by atoms with E-state index in [0.717, 1.165) is 17.9 Å². The van der Waals surface area contributed by atoms with Crippen molar-refractivity contribution in [2.75, 3.05) is 34.3 Å². The molecule has 0 bridgehead atoms. The second kappa shape index (κ2) is 6.72. The number of likely N-dealkylation sites (tertiary alicyclic amines) is 1. The van der Waals surface area contributed by atoms with Crippen molar-refractivity contribution in [1.82, 2.24) is 9.80 Å². The number of likely N-dealkylation sites (N-methyl/N-ethyl adjacent to an activating group) is 1. The van der Waals surface area contributed by atoms with Gasteiger partial charge in [-0.05, 0) is 38.2 Å². The molecule has 1 aromatic rings. The summed E-state index contributed by atoms with van der Waals surface area (Å²) in [7, 11) is 5.55. The molecule has 1 aliphatic heterocycles. The first-order chi connectivity index (χ1) is 9.97. The number of carbonyl (C=O) groups excluding carboxylic acids is 2. The third kappa shape index (κ3) is 4.04. The van der Waals surface area contributed by atoms with Gasteiger partial charge >= 0.3 is 0 Å².